The summed E-state index contributed by atoms with van der Waals surface area (Å²) in [6, 6.07) is 4.42. The maximum Gasteiger partial charge on any atom is 0.303 e. The number of alkyl halides is 2. The summed E-state index contributed by atoms with van der Waals surface area (Å²) in [5, 5.41) is 0.649. The largest absolute Gasteiger partial charge is 0.453 e. The highest BCUT2D eigenvalue weighted by Gasteiger charge is 2.60. The van der Waals surface area contributed by atoms with Crippen molar-refractivity contribution in [1.82, 2.24) is 14.5 Å². The van der Waals surface area contributed by atoms with E-state index in [1.807, 2.05) is 0 Å². The summed E-state index contributed by atoms with van der Waals surface area (Å²) in [5.74, 6) is -2.34. The quantitative estimate of drug-likeness (QED) is 0.330. The molecule has 3 heterocycles. The van der Waals surface area contributed by atoms with E-state index >= 15 is 0 Å². The Morgan fingerprint density at radius 2 is 1.94 bits per heavy atom. The molecule has 1 saturated heterocycles. The zero-order valence-electron chi connectivity index (χ0n) is 19.4. The lowest BCUT2D eigenvalue weighted by Gasteiger charge is -2.34. The van der Waals surface area contributed by atoms with E-state index < -0.39 is 53.8 Å². The average Bonchev–Trinajstić information content (AvgIpc) is 3.32. The summed E-state index contributed by atoms with van der Waals surface area (Å²) in [4.78, 5) is 32.4. The Bertz CT molecular complexity index is 1360. The molecule has 1 fully saturated rings. The summed E-state index contributed by atoms with van der Waals surface area (Å²) in [6.07, 6.45) is -3.73. The molecule has 2 aromatic heterocycles. The SMILES string of the molecule is C=C(c1cc(F)cc(C(F)F)c1)[C@H]1O[C@@H](n2ccc3c(Cl)ncnc32)[C@H](OC(C)=O)[C@]1(C)OC(C)=O. The third-order valence-electron chi connectivity index (χ3n) is 5.87. The minimum absolute atomic E-state index is 0.00126. The van der Waals surface area contributed by atoms with Crippen LogP contribution < -0.4 is 0 Å². The minimum atomic E-state index is -2.94. The van der Waals surface area contributed by atoms with Gasteiger partial charge in [0.1, 0.15) is 29.0 Å². The number of hydrogen-bond acceptors (Lipinski definition) is 7. The van der Waals surface area contributed by atoms with Gasteiger partial charge in [-0.1, -0.05) is 18.2 Å². The Labute approximate surface area is 208 Å². The molecule has 3 aromatic rings. The molecule has 8 nitrogen and oxygen atoms in total. The van der Waals surface area contributed by atoms with E-state index in [0.29, 0.717) is 17.1 Å². The minimum Gasteiger partial charge on any atom is -0.453 e. The van der Waals surface area contributed by atoms with Crippen LogP contribution in [0.25, 0.3) is 16.6 Å². The zero-order valence-corrected chi connectivity index (χ0v) is 20.1. The molecule has 1 aliphatic heterocycles. The van der Waals surface area contributed by atoms with Crippen LogP contribution in [0.4, 0.5) is 13.2 Å². The Morgan fingerprint density at radius 1 is 1.22 bits per heavy atom. The highest BCUT2D eigenvalue weighted by molar-refractivity contribution is 6.33. The van der Waals surface area contributed by atoms with Crippen molar-refractivity contribution in [3.8, 4) is 0 Å². The lowest BCUT2D eigenvalue weighted by molar-refractivity contribution is -0.179. The van der Waals surface area contributed by atoms with Gasteiger partial charge in [-0.3, -0.25) is 9.59 Å². The topological polar surface area (TPSA) is 92.5 Å². The van der Waals surface area contributed by atoms with Gasteiger partial charge >= 0.3 is 11.9 Å². The molecule has 1 aliphatic rings. The summed E-state index contributed by atoms with van der Waals surface area (Å²) < 4.78 is 59.8. The van der Waals surface area contributed by atoms with E-state index in [1.165, 1.54) is 24.7 Å². The second-order valence-corrected chi connectivity index (χ2v) is 8.80. The number of carbonyl (C=O) groups excluding carboxylic acids is 2. The van der Waals surface area contributed by atoms with Gasteiger partial charge in [0, 0.05) is 25.6 Å². The molecule has 1 aromatic carbocycles. The smallest absolute Gasteiger partial charge is 0.303 e. The molecule has 36 heavy (non-hydrogen) atoms. The lowest BCUT2D eigenvalue weighted by atomic mass is 9.86. The predicted molar refractivity (Wildman–Crippen MR) is 123 cm³/mol. The van der Waals surface area contributed by atoms with Crippen molar-refractivity contribution in [2.75, 3.05) is 0 Å². The molecule has 0 unspecified atom stereocenters. The molecular weight excluding hydrogens is 503 g/mol. The van der Waals surface area contributed by atoms with Crippen molar-refractivity contribution in [1.29, 1.82) is 0 Å². The predicted octanol–water partition coefficient (Wildman–Crippen LogP) is 5.03. The van der Waals surface area contributed by atoms with Gasteiger partial charge in [0.2, 0.25) is 0 Å². The maximum atomic E-state index is 14.2. The van der Waals surface area contributed by atoms with Gasteiger partial charge in [-0.2, -0.15) is 0 Å². The number of hydrogen-bond donors (Lipinski definition) is 0. The summed E-state index contributed by atoms with van der Waals surface area (Å²) in [7, 11) is 0. The van der Waals surface area contributed by atoms with E-state index in [2.05, 4.69) is 16.5 Å². The highest BCUT2D eigenvalue weighted by Crippen LogP contribution is 2.47. The second-order valence-electron chi connectivity index (χ2n) is 8.44. The molecular formula is C24H21ClF3N3O5. The van der Waals surface area contributed by atoms with Crippen molar-refractivity contribution in [3.63, 3.8) is 0 Å². The number of benzene rings is 1. The first-order valence-corrected chi connectivity index (χ1v) is 11.1. The number of esters is 2. The maximum absolute atomic E-state index is 14.2. The van der Waals surface area contributed by atoms with Gasteiger partial charge in [-0.15, -0.1) is 0 Å². The lowest BCUT2D eigenvalue weighted by Crippen LogP contribution is -2.50. The van der Waals surface area contributed by atoms with Gasteiger partial charge in [-0.25, -0.2) is 23.1 Å². The number of halogens is 4. The van der Waals surface area contributed by atoms with Crippen molar-refractivity contribution < 1.29 is 37.0 Å². The number of aromatic nitrogens is 3. The number of carbonyl (C=O) groups is 2. The Balaban J connectivity index is 1.86. The monoisotopic (exact) mass is 523 g/mol. The number of ether oxygens (including phenoxy) is 3. The number of rotatable bonds is 6. The van der Waals surface area contributed by atoms with Crippen LogP contribution in [-0.2, 0) is 23.8 Å². The third kappa shape index (κ3) is 4.56. The Morgan fingerprint density at radius 3 is 2.58 bits per heavy atom. The van der Waals surface area contributed by atoms with Crippen LogP contribution >= 0.6 is 11.6 Å². The molecule has 0 aliphatic carbocycles. The number of fused-ring (bicyclic) bond motifs is 1. The van der Waals surface area contributed by atoms with Gasteiger partial charge in [0.15, 0.2) is 17.9 Å². The number of nitrogens with zero attached hydrogens (tertiary/aromatic N) is 3. The van der Waals surface area contributed by atoms with E-state index in [0.717, 1.165) is 19.1 Å². The molecule has 0 N–H and O–H groups in total. The fraction of sp³-hybridized carbons (Fsp3) is 0.333. The molecule has 4 rings (SSSR count). The third-order valence-corrected chi connectivity index (χ3v) is 6.17. The van der Waals surface area contributed by atoms with E-state index in [9.17, 15) is 22.8 Å². The molecule has 0 bridgehead atoms. The Kier molecular flexibility index (Phi) is 6.80. The Hall–Kier alpha value is -3.44. The van der Waals surface area contributed by atoms with Gasteiger partial charge in [0.25, 0.3) is 6.43 Å². The van der Waals surface area contributed by atoms with Crippen LogP contribution in [0.1, 0.15) is 44.6 Å². The first kappa shape index (κ1) is 25.6. The molecule has 0 saturated carbocycles. The van der Waals surface area contributed by atoms with E-state index in [4.69, 9.17) is 25.8 Å². The van der Waals surface area contributed by atoms with Crippen LogP contribution in [0, 0.1) is 5.82 Å². The van der Waals surface area contributed by atoms with Crippen molar-refractivity contribution in [3.05, 3.63) is 65.5 Å². The van der Waals surface area contributed by atoms with E-state index in [-0.39, 0.29) is 16.3 Å². The summed E-state index contributed by atoms with van der Waals surface area (Å²) >= 11 is 6.17. The van der Waals surface area contributed by atoms with Crippen LogP contribution in [0.15, 0.2) is 43.4 Å². The van der Waals surface area contributed by atoms with Gasteiger partial charge in [-0.05, 0) is 42.3 Å². The van der Waals surface area contributed by atoms with Crippen LogP contribution in [0.5, 0.6) is 0 Å². The van der Waals surface area contributed by atoms with Gasteiger partial charge < -0.3 is 18.8 Å². The zero-order chi connectivity index (χ0) is 26.4. The summed E-state index contributed by atoms with van der Waals surface area (Å²) in [5.41, 5.74) is -1.89. The first-order chi connectivity index (χ1) is 16.9. The molecule has 0 spiro atoms. The van der Waals surface area contributed by atoms with Crippen LogP contribution in [0.2, 0.25) is 5.15 Å². The van der Waals surface area contributed by atoms with Crippen molar-refractivity contribution in [2.24, 2.45) is 0 Å². The molecule has 0 radical (unpaired) electrons. The molecule has 190 valence electrons. The molecule has 12 heteroatoms. The van der Waals surface area contributed by atoms with Crippen LogP contribution in [-0.4, -0.2) is 44.3 Å². The summed E-state index contributed by atoms with van der Waals surface area (Å²) in [6.45, 7) is 7.71. The van der Waals surface area contributed by atoms with Gasteiger partial charge in [0.05, 0.1) is 5.39 Å². The van der Waals surface area contributed by atoms with Crippen LogP contribution in [0.3, 0.4) is 0 Å². The standard InChI is InChI=1S/C24H21ClF3N3O5/c1-11(14-7-15(21(27)28)9-16(26)8-14)18-24(4,36-13(3)33)19(34-12(2)32)23(35-18)31-6-5-17-20(25)29-10-30-22(17)31/h5-10,18-19,21,23H,1H2,2-4H3/t18-,19+,23-,24-/m1/s1. The van der Waals surface area contributed by atoms with Crippen molar-refractivity contribution >= 4 is 40.1 Å². The average molecular weight is 524 g/mol. The van der Waals surface area contributed by atoms with Crippen molar-refractivity contribution in [2.45, 2.75) is 51.2 Å². The van der Waals surface area contributed by atoms with E-state index in [1.54, 1.807) is 12.3 Å². The molecule has 4 atom stereocenters. The highest BCUT2D eigenvalue weighted by atomic mass is 35.5. The second kappa shape index (κ2) is 9.55. The first-order valence-electron chi connectivity index (χ1n) is 10.7. The fourth-order valence-electron chi connectivity index (χ4n) is 4.41. The normalized spacial score (nSPS) is 23.7. The molecule has 0 amide bonds. The fourth-order valence-corrected chi connectivity index (χ4v) is 4.60.